The summed E-state index contributed by atoms with van der Waals surface area (Å²) in [7, 11) is 0. The number of carbonyl (C=O) groups is 1. The van der Waals surface area contributed by atoms with Gasteiger partial charge in [0.25, 0.3) is 0 Å². The Kier molecular flexibility index (Phi) is 7.30. The summed E-state index contributed by atoms with van der Waals surface area (Å²) in [5.41, 5.74) is 3.23. The summed E-state index contributed by atoms with van der Waals surface area (Å²) in [6, 6.07) is 16.1. The van der Waals surface area contributed by atoms with Crippen LogP contribution in [0.25, 0.3) is 5.69 Å². The molecule has 1 aromatic heterocycles. The highest BCUT2D eigenvalue weighted by atomic mass is 35.5. The van der Waals surface area contributed by atoms with Crippen molar-refractivity contribution >= 4 is 29.3 Å². The standard InChI is InChI=1S/C24H27ClN4OS/c1-17-12-13-20(25)14-21(17)29-22(15-26-23(30)19-10-6-3-7-11-19)27-28-24(29)31-16-18-8-4-2-5-9-18/h2,4-5,8-9,12-14,19H,3,6-7,10-11,15-16H2,1H3,(H,26,30). The lowest BCUT2D eigenvalue weighted by Crippen LogP contribution is -2.32. The second kappa shape index (κ2) is 10.3. The van der Waals surface area contributed by atoms with Gasteiger partial charge in [0.1, 0.15) is 0 Å². The highest BCUT2D eigenvalue weighted by Gasteiger charge is 2.22. The number of aromatic nitrogens is 3. The van der Waals surface area contributed by atoms with E-state index in [1.165, 1.54) is 12.0 Å². The molecule has 0 unspecified atom stereocenters. The number of hydrogen-bond donors (Lipinski definition) is 1. The fourth-order valence-corrected chi connectivity index (χ4v) is 5.06. The minimum Gasteiger partial charge on any atom is -0.349 e. The number of nitrogens with one attached hydrogen (secondary N) is 1. The van der Waals surface area contributed by atoms with Crippen LogP contribution < -0.4 is 5.32 Å². The lowest BCUT2D eigenvalue weighted by molar-refractivity contribution is -0.126. The number of rotatable bonds is 7. The molecule has 1 aliphatic carbocycles. The molecule has 2 aromatic carbocycles. The molecule has 4 rings (SSSR count). The van der Waals surface area contributed by atoms with E-state index in [0.717, 1.165) is 47.8 Å². The second-order valence-corrected chi connectivity index (χ2v) is 9.37. The number of nitrogens with zero attached hydrogens (tertiary/aromatic N) is 3. The van der Waals surface area contributed by atoms with Crippen molar-refractivity contribution in [2.24, 2.45) is 5.92 Å². The molecule has 0 bridgehead atoms. The van der Waals surface area contributed by atoms with Gasteiger partial charge in [0, 0.05) is 16.7 Å². The van der Waals surface area contributed by atoms with Gasteiger partial charge in [-0.2, -0.15) is 0 Å². The van der Waals surface area contributed by atoms with Gasteiger partial charge in [0.2, 0.25) is 5.91 Å². The number of benzene rings is 2. The van der Waals surface area contributed by atoms with Crippen molar-refractivity contribution in [2.75, 3.05) is 0 Å². The fraction of sp³-hybridized carbons (Fsp3) is 0.375. The fourth-order valence-electron chi connectivity index (χ4n) is 3.97. The van der Waals surface area contributed by atoms with Crippen molar-refractivity contribution in [3.63, 3.8) is 0 Å². The monoisotopic (exact) mass is 454 g/mol. The quantitative estimate of drug-likeness (QED) is 0.464. The van der Waals surface area contributed by atoms with E-state index in [4.69, 9.17) is 11.6 Å². The molecule has 1 N–H and O–H groups in total. The molecule has 1 saturated carbocycles. The van der Waals surface area contributed by atoms with Gasteiger partial charge in [0.05, 0.1) is 12.2 Å². The molecular weight excluding hydrogens is 428 g/mol. The minimum absolute atomic E-state index is 0.116. The molecular formula is C24H27ClN4OS. The first-order valence-electron chi connectivity index (χ1n) is 10.8. The van der Waals surface area contributed by atoms with Crippen LogP contribution in [0.1, 0.15) is 49.1 Å². The van der Waals surface area contributed by atoms with Gasteiger partial charge in [-0.25, -0.2) is 0 Å². The minimum atomic E-state index is 0.116. The van der Waals surface area contributed by atoms with Crippen LogP contribution in [-0.2, 0) is 17.1 Å². The topological polar surface area (TPSA) is 59.8 Å². The van der Waals surface area contributed by atoms with Crippen molar-refractivity contribution in [3.8, 4) is 5.69 Å². The van der Waals surface area contributed by atoms with E-state index in [0.29, 0.717) is 17.4 Å². The Morgan fingerprint density at radius 2 is 1.90 bits per heavy atom. The molecule has 0 spiro atoms. The average molecular weight is 455 g/mol. The molecule has 0 atom stereocenters. The Morgan fingerprint density at radius 1 is 1.13 bits per heavy atom. The van der Waals surface area contributed by atoms with Gasteiger partial charge < -0.3 is 5.32 Å². The van der Waals surface area contributed by atoms with Crippen molar-refractivity contribution in [3.05, 3.63) is 70.5 Å². The van der Waals surface area contributed by atoms with Crippen molar-refractivity contribution in [2.45, 2.75) is 56.5 Å². The molecule has 1 amide bonds. The van der Waals surface area contributed by atoms with Gasteiger partial charge in [-0.05, 0) is 43.0 Å². The van der Waals surface area contributed by atoms with Crippen LogP contribution in [0.3, 0.4) is 0 Å². The van der Waals surface area contributed by atoms with Gasteiger partial charge in [0.15, 0.2) is 11.0 Å². The van der Waals surface area contributed by atoms with Crippen molar-refractivity contribution < 1.29 is 4.79 Å². The predicted molar refractivity (Wildman–Crippen MR) is 126 cm³/mol. The Balaban J connectivity index is 1.57. The number of hydrogen-bond acceptors (Lipinski definition) is 4. The third-order valence-corrected chi connectivity index (χ3v) is 6.96. The number of amides is 1. The molecule has 162 valence electrons. The Morgan fingerprint density at radius 3 is 2.68 bits per heavy atom. The lowest BCUT2D eigenvalue weighted by Gasteiger charge is -2.21. The molecule has 7 heteroatoms. The van der Waals surface area contributed by atoms with E-state index >= 15 is 0 Å². The van der Waals surface area contributed by atoms with Crippen molar-refractivity contribution in [1.29, 1.82) is 0 Å². The highest BCUT2D eigenvalue weighted by molar-refractivity contribution is 7.98. The summed E-state index contributed by atoms with van der Waals surface area (Å²) in [6.07, 6.45) is 5.45. The first kappa shape index (κ1) is 21.9. The largest absolute Gasteiger partial charge is 0.349 e. The maximum Gasteiger partial charge on any atom is 0.223 e. The van der Waals surface area contributed by atoms with Crippen LogP contribution >= 0.6 is 23.4 Å². The smallest absolute Gasteiger partial charge is 0.223 e. The highest BCUT2D eigenvalue weighted by Crippen LogP contribution is 2.29. The summed E-state index contributed by atoms with van der Waals surface area (Å²) in [4.78, 5) is 12.7. The van der Waals surface area contributed by atoms with E-state index in [9.17, 15) is 4.79 Å². The first-order valence-corrected chi connectivity index (χ1v) is 12.1. The average Bonchev–Trinajstić information content (AvgIpc) is 3.21. The summed E-state index contributed by atoms with van der Waals surface area (Å²) in [6.45, 7) is 2.39. The number of aryl methyl sites for hydroxylation is 1. The SMILES string of the molecule is Cc1ccc(Cl)cc1-n1c(CNC(=O)C2CCCCC2)nnc1SCc1ccccc1. The Bertz CT molecular complexity index is 1030. The number of thioether (sulfide) groups is 1. The van der Waals surface area contributed by atoms with Gasteiger partial charge >= 0.3 is 0 Å². The maximum absolute atomic E-state index is 12.7. The van der Waals surface area contributed by atoms with E-state index in [2.05, 4.69) is 27.6 Å². The molecule has 0 aliphatic heterocycles. The van der Waals surface area contributed by atoms with Crippen LogP contribution in [0.4, 0.5) is 0 Å². The molecule has 5 nitrogen and oxygen atoms in total. The molecule has 0 radical (unpaired) electrons. The Labute approximate surface area is 192 Å². The van der Waals surface area contributed by atoms with E-state index < -0.39 is 0 Å². The number of halogens is 1. The third kappa shape index (κ3) is 5.49. The molecule has 3 aromatic rings. The maximum atomic E-state index is 12.7. The van der Waals surface area contributed by atoms with Crippen LogP contribution in [0.5, 0.6) is 0 Å². The van der Waals surface area contributed by atoms with Crippen LogP contribution in [-0.4, -0.2) is 20.7 Å². The summed E-state index contributed by atoms with van der Waals surface area (Å²) < 4.78 is 2.02. The normalized spacial score (nSPS) is 14.5. The van der Waals surface area contributed by atoms with Gasteiger partial charge in [-0.15, -0.1) is 10.2 Å². The molecule has 31 heavy (non-hydrogen) atoms. The van der Waals surface area contributed by atoms with Crippen LogP contribution in [0.2, 0.25) is 5.02 Å². The zero-order valence-corrected chi connectivity index (χ0v) is 19.3. The molecule has 0 saturated heterocycles. The zero-order valence-electron chi connectivity index (χ0n) is 17.7. The van der Waals surface area contributed by atoms with Gasteiger partial charge in [-0.1, -0.05) is 79.0 Å². The van der Waals surface area contributed by atoms with Crippen LogP contribution in [0, 0.1) is 12.8 Å². The Hall–Kier alpha value is -2.31. The molecule has 1 aliphatic rings. The predicted octanol–water partition coefficient (Wildman–Crippen LogP) is 5.72. The van der Waals surface area contributed by atoms with Crippen molar-refractivity contribution in [1.82, 2.24) is 20.1 Å². The third-order valence-electron chi connectivity index (χ3n) is 5.72. The van der Waals surface area contributed by atoms with E-state index in [1.807, 2.05) is 47.9 Å². The molecule has 1 fully saturated rings. The zero-order chi connectivity index (χ0) is 21.6. The summed E-state index contributed by atoms with van der Waals surface area (Å²) >= 11 is 7.94. The lowest BCUT2D eigenvalue weighted by atomic mass is 9.89. The number of carbonyl (C=O) groups excluding carboxylic acids is 1. The first-order chi connectivity index (χ1) is 15.1. The van der Waals surface area contributed by atoms with E-state index in [-0.39, 0.29) is 11.8 Å². The van der Waals surface area contributed by atoms with E-state index in [1.54, 1.807) is 11.8 Å². The van der Waals surface area contributed by atoms with Gasteiger partial charge in [-0.3, -0.25) is 9.36 Å². The summed E-state index contributed by atoms with van der Waals surface area (Å²) in [5, 5.41) is 13.4. The summed E-state index contributed by atoms with van der Waals surface area (Å²) in [5.74, 6) is 1.73. The molecule has 1 heterocycles. The van der Waals surface area contributed by atoms with Crippen LogP contribution in [0.15, 0.2) is 53.7 Å². The second-order valence-electron chi connectivity index (χ2n) is 7.99.